The summed E-state index contributed by atoms with van der Waals surface area (Å²) in [6.07, 6.45) is 0.0632. The van der Waals surface area contributed by atoms with Gasteiger partial charge in [0.1, 0.15) is 6.10 Å². The topological polar surface area (TPSA) is 69.6 Å². The Hall–Kier alpha value is -1.65. The zero-order valence-electron chi connectivity index (χ0n) is 10.4. The van der Waals surface area contributed by atoms with Crippen molar-refractivity contribution in [1.29, 1.82) is 0 Å². The third-order valence-corrected chi connectivity index (χ3v) is 2.68. The lowest BCUT2D eigenvalue weighted by Crippen LogP contribution is -2.47. The molecule has 18 heavy (non-hydrogen) atoms. The van der Waals surface area contributed by atoms with E-state index in [-0.39, 0.29) is 5.91 Å². The molecule has 0 fully saturated rings. The number of hydrogen-bond donors (Lipinski definition) is 3. The minimum absolute atomic E-state index is 0.276. The van der Waals surface area contributed by atoms with Crippen molar-refractivity contribution >= 4 is 5.91 Å². The van der Waals surface area contributed by atoms with Gasteiger partial charge in [0, 0.05) is 5.56 Å². The van der Waals surface area contributed by atoms with E-state index in [0.29, 0.717) is 12.0 Å². The first-order valence-corrected chi connectivity index (χ1v) is 5.89. The van der Waals surface area contributed by atoms with Crippen LogP contribution in [0, 0.1) is 0 Å². The van der Waals surface area contributed by atoms with E-state index in [9.17, 15) is 15.0 Å². The van der Waals surface area contributed by atoms with Crippen LogP contribution in [0.5, 0.6) is 0 Å². The number of carbonyl (C=O) groups excluding carboxylic acids is 1. The molecular weight excluding hydrogens is 230 g/mol. The Morgan fingerprint density at radius 3 is 2.50 bits per heavy atom. The summed E-state index contributed by atoms with van der Waals surface area (Å²) >= 11 is 0. The molecule has 0 unspecified atom stereocenters. The molecule has 0 aliphatic rings. The Labute approximate surface area is 107 Å². The standard InChI is InChI=1S/C14H19NO3/c1-3-7-12(13(17)10(2)16)15-14(18)11-8-5-4-6-9-11/h3-6,8-10,12-13,16-17H,1,7H2,2H3,(H,15,18)/t10-,12+,13-/m1/s1. The molecule has 1 aromatic rings. The normalized spacial score (nSPS) is 15.5. The van der Waals surface area contributed by atoms with Crippen LogP contribution in [0.1, 0.15) is 23.7 Å². The van der Waals surface area contributed by atoms with Gasteiger partial charge < -0.3 is 15.5 Å². The molecule has 1 aromatic carbocycles. The van der Waals surface area contributed by atoms with Crippen LogP contribution < -0.4 is 5.32 Å². The van der Waals surface area contributed by atoms with Crippen molar-refractivity contribution in [3.05, 3.63) is 48.6 Å². The Balaban J connectivity index is 2.72. The van der Waals surface area contributed by atoms with Gasteiger partial charge >= 0.3 is 0 Å². The van der Waals surface area contributed by atoms with Crippen molar-refractivity contribution < 1.29 is 15.0 Å². The summed E-state index contributed by atoms with van der Waals surface area (Å²) in [4.78, 5) is 11.9. The van der Waals surface area contributed by atoms with Gasteiger partial charge in [-0.25, -0.2) is 0 Å². The number of carbonyl (C=O) groups is 1. The van der Waals surface area contributed by atoms with E-state index in [2.05, 4.69) is 11.9 Å². The van der Waals surface area contributed by atoms with E-state index >= 15 is 0 Å². The monoisotopic (exact) mass is 249 g/mol. The molecule has 0 spiro atoms. The van der Waals surface area contributed by atoms with Crippen LogP contribution in [0.15, 0.2) is 43.0 Å². The number of benzene rings is 1. The molecule has 0 saturated carbocycles. The van der Waals surface area contributed by atoms with Gasteiger partial charge in [-0.1, -0.05) is 24.3 Å². The highest BCUT2D eigenvalue weighted by atomic mass is 16.3. The maximum atomic E-state index is 11.9. The summed E-state index contributed by atoms with van der Waals surface area (Å²) in [5, 5.41) is 21.9. The minimum atomic E-state index is -1.02. The molecule has 0 aromatic heterocycles. The molecule has 0 aliphatic heterocycles. The predicted octanol–water partition coefficient (Wildman–Crippen LogP) is 1.10. The van der Waals surface area contributed by atoms with Gasteiger partial charge in [0.25, 0.3) is 5.91 Å². The largest absolute Gasteiger partial charge is 0.391 e. The molecule has 1 rings (SSSR count). The van der Waals surface area contributed by atoms with Crippen LogP contribution in [0.3, 0.4) is 0 Å². The van der Waals surface area contributed by atoms with Crippen LogP contribution in [-0.2, 0) is 0 Å². The zero-order chi connectivity index (χ0) is 13.5. The highest BCUT2D eigenvalue weighted by Crippen LogP contribution is 2.07. The second-order valence-corrected chi connectivity index (χ2v) is 4.20. The average molecular weight is 249 g/mol. The average Bonchev–Trinajstić information content (AvgIpc) is 2.38. The Bertz CT molecular complexity index is 389. The SMILES string of the molecule is C=CC[C@H](NC(=O)c1ccccc1)[C@H](O)[C@@H](C)O. The third kappa shape index (κ3) is 3.98. The number of aliphatic hydroxyl groups excluding tert-OH is 2. The second-order valence-electron chi connectivity index (χ2n) is 4.20. The van der Waals surface area contributed by atoms with Crippen LogP contribution in [-0.4, -0.2) is 34.4 Å². The van der Waals surface area contributed by atoms with Crippen molar-refractivity contribution in [2.24, 2.45) is 0 Å². The van der Waals surface area contributed by atoms with Crippen molar-refractivity contribution in [1.82, 2.24) is 5.32 Å². The van der Waals surface area contributed by atoms with E-state index in [0.717, 1.165) is 0 Å². The molecule has 98 valence electrons. The van der Waals surface area contributed by atoms with E-state index < -0.39 is 18.2 Å². The first-order chi connectivity index (χ1) is 8.56. The van der Waals surface area contributed by atoms with Crippen molar-refractivity contribution in [3.63, 3.8) is 0 Å². The molecule has 0 bridgehead atoms. The minimum Gasteiger partial charge on any atom is -0.391 e. The molecule has 4 heteroatoms. The van der Waals surface area contributed by atoms with Gasteiger partial charge in [-0.15, -0.1) is 6.58 Å². The maximum absolute atomic E-state index is 11.9. The molecule has 0 saturated heterocycles. The summed E-state index contributed by atoms with van der Waals surface area (Å²) in [6.45, 7) is 5.06. The summed E-state index contributed by atoms with van der Waals surface area (Å²) < 4.78 is 0. The lowest BCUT2D eigenvalue weighted by atomic mass is 10.0. The molecule has 0 heterocycles. The Morgan fingerprint density at radius 2 is 2.00 bits per heavy atom. The molecule has 4 nitrogen and oxygen atoms in total. The summed E-state index contributed by atoms with van der Waals surface area (Å²) in [7, 11) is 0. The number of amides is 1. The van der Waals surface area contributed by atoms with Crippen molar-refractivity contribution in [3.8, 4) is 0 Å². The predicted molar refractivity (Wildman–Crippen MR) is 70.2 cm³/mol. The smallest absolute Gasteiger partial charge is 0.251 e. The molecule has 3 N–H and O–H groups in total. The maximum Gasteiger partial charge on any atom is 0.251 e. The molecule has 0 aliphatic carbocycles. The summed E-state index contributed by atoms with van der Waals surface area (Å²) in [5.41, 5.74) is 0.518. The van der Waals surface area contributed by atoms with Gasteiger partial charge in [0.2, 0.25) is 0 Å². The van der Waals surface area contributed by atoms with Crippen molar-refractivity contribution in [2.75, 3.05) is 0 Å². The number of rotatable bonds is 6. The van der Waals surface area contributed by atoms with Gasteiger partial charge in [-0.05, 0) is 25.5 Å². The number of aliphatic hydroxyl groups is 2. The van der Waals surface area contributed by atoms with Crippen molar-refractivity contribution in [2.45, 2.75) is 31.6 Å². The fourth-order valence-electron chi connectivity index (χ4n) is 1.64. The molecular formula is C14H19NO3. The van der Waals surface area contributed by atoms with Crippen LogP contribution in [0.4, 0.5) is 0 Å². The lowest BCUT2D eigenvalue weighted by Gasteiger charge is -2.25. The van der Waals surface area contributed by atoms with Gasteiger partial charge in [-0.2, -0.15) is 0 Å². The van der Waals surface area contributed by atoms with Crippen LogP contribution in [0.25, 0.3) is 0 Å². The summed E-state index contributed by atoms with van der Waals surface area (Å²) in [5.74, 6) is -0.276. The van der Waals surface area contributed by atoms with Gasteiger partial charge in [0.15, 0.2) is 0 Å². The lowest BCUT2D eigenvalue weighted by molar-refractivity contribution is 0.00767. The highest BCUT2D eigenvalue weighted by Gasteiger charge is 2.24. The van der Waals surface area contributed by atoms with Gasteiger partial charge in [0.05, 0.1) is 12.1 Å². The fourth-order valence-corrected chi connectivity index (χ4v) is 1.64. The Morgan fingerprint density at radius 1 is 1.39 bits per heavy atom. The third-order valence-electron chi connectivity index (χ3n) is 2.68. The molecule has 3 atom stereocenters. The molecule has 0 radical (unpaired) electrons. The number of hydrogen-bond acceptors (Lipinski definition) is 3. The highest BCUT2D eigenvalue weighted by molar-refractivity contribution is 5.94. The van der Waals surface area contributed by atoms with E-state index in [1.54, 1.807) is 30.3 Å². The van der Waals surface area contributed by atoms with Crippen LogP contribution >= 0.6 is 0 Å². The fraction of sp³-hybridized carbons (Fsp3) is 0.357. The number of nitrogens with one attached hydrogen (secondary N) is 1. The molecule has 1 amide bonds. The quantitative estimate of drug-likeness (QED) is 0.661. The van der Waals surface area contributed by atoms with Gasteiger partial charge in [-0.3, -0.25) is 4.79 Å². The zero-order valence-corrected chi connectivity index (χ0v) is 10.4. The second kappa shape index (κ2) is 6.93. The van der Waals surface area contributed by atoms with Crippen LogP contribution in [0.2, 0.25) is 0 Å². The van der Waals surface area contributed by atoms with E-state index in [1.165, 1.54) is 6.92 Å². The Kier molecular flexibility index (Phi) is 5.55. The summed E-state index contributed by atoms with van der Waals surface area (Å²) in [6, 6.07) is 8.19. The van der Waals surface area contributed by atoms with E-state index in [1.807, 2.05) is 6.07 Å². The van der Waals surface area contributed by atoms with E-state index in [4.69, 9.17) is 0 Å². The first-order valence-electron chi connectivity index (χ1n) is 5.89. The first kappa shape index (κ1) is 14.4.